The molecule has 0 aliphatic heterocycles. The fourth-order valence-electron chi connectivity index (χ4n) is 3.80. The number of carbonyl (C=O) groups excluding carboxylic acids is 1. The molecule has 10 heteroatoms. The van der Waals surface area contributed by atoms with Gasteiger partial charge in [0.05, 0.1) is 32.5 Å². The Bertz CT molecular complexity index is 1430. The van der Waals surface area contributed by atoms with Gasteiger partial charge in [-0.05, 0) is 42.0 Å². The predicted octanol–water partition coefficient (Wildman–Crippen LogP) is 5.48. The topological polar surface area (TPSA) is 89.5 Å². The highest BCUT2D eigenvalue weighted by atomic mass is 19.4. The Kier molecular flexibility index (Phi) is 6.42. The van der Waals surface area contributed by atoms with Crippen LogP contribution in [-0.2, 0) is 0 Å². The number of pyridine rings is 2. The average molecular weight is 480 g/mol. The molecule has 0 bridgehead atoms. The maximum atomic E-state index is 12.6. The molecule has 3 aromatic heterocycles. The van der Waals surface area contributed by atoms with Crippen LogP contribution in [0.4, 0.5) is 13.2 Å². The summed E-state index contributed by atoms with van der Waals surface area (Å²) in [5.41, 5.74) is 3.51. The van der Waals surface area contributed by atoms with E-state index in [9.17, 15) is 23.2 Å². The summed E-state index contributed by atoms with van der Waals surface area (Å²) in [6, 6.07) is 12.4. The number of benzene rings is 1. The van der Waals surface area contributed by atoms with Crippen molar-refractivity contribution < 1.29 is 27.4 Å². The second-order valence-electron chi connectivity index (χ2n) is 7.59. The first-order chi connectivity index (χ1) is 16.8. The number of imidazole rings is 1. The Morgan fingerprint density at radius 1 is 1.09 bits per heavy atom. The Balaban J connectivity index is 1.76. The van der Waals surface area contributed by atoms with Gasteiger partial charge < -0.3 is 9.47 Å². The largest absolute Gasteiger partial charge is 0.496 e. The first-order valence-corrected chi connectivity index (χ1v) is 10.4. The normalized spacial score (nSPS) is 11.3. The van der Waals surface area contributed by atoms with E-state index in [1.165, 1.54) is 14.2 Å². The maximum Gasteiger partial charge on any atom is 0.389 e. The Morgan fingerprint density at radius 3 is 2.43 bits per heavy atom. The number of nitrogens with zero attached hydrogens (tertiary/aromatic N) is 4. The van der Waals surface area contributed by atoms with E-state index < -0.39 is 24.8 Å². The molecule has 0 aliphatic carbocycles. The van der Waals surface area contributed by atoms with Gasteiger partial charge in [0.1, 0.15) is 34.5 Å². The summed E-state index contributed by atoms with van der Waals surface area (Å²) in [6.45, 7) is 0. The van der Waals surface area contributed by atoms with Gasteiger partial charge in [-0.1, -0.05) is 0 Å². The standard InChI is InChI=1S/C25H19F3N4O3/c1-34-21-10-16(11-22(35-2)24(21)20(33)5-7-25(26,27)28)19-14-31-23-12-15(6-9-32(19)23)17-4-3-8-30-18(17)13-29/h3-4,6,8-12,14H,5,7H2,1-2H3. The Morgan fingerprint density at radius 2 is 1.80 bits per heavy atom. The third kappa shape index (κ3) is 4.80. The van der Waals surface area contributed by atoms with Crippen LogP contribution >= 0.6 is 0 Å². The van der Waals surface area contributed by atoms with Crippen LogP contribution in [0.1, 0.15) is 28.9 Å². The minimum Gasteiger partial charge on any atom is -0.496 e. The van der Waals surface area contributed by atoms with Crippen LogP contribution in [0.15, 0.2) is 55.0 Å². The molecule has 0 unspecified atom stereocenters. The lowest BCUT2D eigenvalue weighted by molar-refractivity contribution is -0.133. The molecule has 0 N–H and O–H groups in total. The molecule has 35 heavy (non-hydrogen) atoms. The number of rotatable bonds is 7. The van der Waals surface area contributed by atoms with Gasteiger partial charge in [0.15, 0.2) is 5.78 Å². The number of nitriles is 1. The number of carbonyl (C=O) groups is 1. The van der Waals surface area contributed by atoms with E-state index in [0.29, 0.717) is 28.2 Å². The van der Waals surface area contributed by atoms with Gasteiger partial charge >= 0.3 is 6.18 Å². The lowest BCUT2D eigenvalue weighted by Crippen LogP contribution is -2.12. The highest BCUT2D eigenvalue weighted by Crippen LogP contribution is 2.37. The van der Waals surface area contributed by atoms with Crippen molar-refractivity contribution in [2.45, 2.75) is 19.0 Å². The second kappa shape index (κ2) is 9.46. The van der Waals surface area contributed by atoms with Crippen molar-refractivity contribution >= 4 is 11.4 Å². The summed E-state index contributed by atoms with van der Waals surface area (Å²) in [6.07, 6.45) is -1.45. The van der Waals surface area contributed by atoms with Crippen LogP contribution in [0.3, 0.4) is 0 Å². The molecule has 0 atom stereocenters. The third-order valence-electron chi connectivity index (χ3n) is 5.45. The Labute approximate surface area is 198 Å². The van der Waals surface area contributed by atoms with E-state index in [1.807, 2.05) is 12.1 Å². The average Bonchev–Trinajstić information content (AvgIpc) is 3.29. The van der Waals surface area contributed by atoms with Crippen LogP contribution in [0.5, 0.6) is 11.5 Å². The van der Waals surface area contributed by atoms with Gasteiger partial charge in [0, 0.05) is 29.9 Å². The van der Waals surface area contributed by atoms with E-state index in [0.717, 1.165) is 5.56 Å². The monoisotopic (exact) mass is 480 g/mol. The predicted molar refractivity (Wildman–Crippen MR) is 121 cm³/mol. The molecule has 4 aromatic rings. The Hall–Kier alpha value is -4.39. The van der Waals surface area contributed by atoms with Crippen molar-refractivity contribution in [3.05, 3.63) is 66.2 Å². The SMILES string of the molecule is COc1cc(-c2cnc3cc(-c4cccnc4C#N)ccn23)cc(OC)c1C(=O)CCC(F)(F)F. The molecule has 1 aromatic carbocycles. The number of alkyl halides is 3. The zero-order valence-corrected chi connectivity index (χ0v) is 18.8. The van der Waals surface area contributed by atoms with Crippen molar-refractivity contribution in [3.63, 3.8) is 0 Å². The molecule has 0 radical (unpaired) electrons. The van der Waals surface area contributed by atoms with E-state index in [1.54, 1.807) is 47.3 Å². The van der Waals surface area contributed by atoms with E-state index in [-0.39, 0.29) is 17.1 Å². The third-order valence-corrected chi connectivity index (χ3v) is 5.45. The summed E-state index contributed by atoms with van der Waals surface area (Å²) in [7, 11) is 2.67. The smallest absolute Gasteiger partial charge is 0.389 e. The molecule has 4 rings (SSSR count). The molecule has 178 valence electrons. The van der Waals surface area contributed by atoms with Gasteiger partial charge in [0.2, 0.25) is 0 Å². The first kappa shape index (κ1) is 23.8. The van der Waals surface area contributed by atoms with E-state index >= 15 is 0 Å². The zero-order chi connectivity index (χ0) is 25.2. The van der Waals surface area contributed by atoms with Crippen molar-refractivity contribution in [3.8, 4) is 40.0 Å². The molecule has 3 heterocycles. The second-order valence-corrected chi connectivity index (χ2v) is 7.59. The summed E-state index contributed by atoms with van der Waals surface area (Å²) in [5, 5.41) is 9.34. The highest BCUT2D eigenvalue weighted by molar-refractivity contribution is 6.02. The zero-order valence-electron chi connectivity index (χ0n) is 18.8. The minimum atomic E-state index is -4.45. The number of Topliss-reactive ketones (excluding diaryl/α,β-unsaturated/α-hetero) is 1. The van der Waals surface area contributed by atoms with Crippen molar-refractivity contribution in [1.29, 1.82) is 5.26 Å². The van der Waals surface area contributed by atoms with Gasteiger partial charge in [-0.25, -0.2) is 9.97 Å². The molecule has 7 nitrogen and oxygen atoms in total. The van der Waals surface area contributed by atoms with Gasteiger partial charge in [-0.3, -0.25) is 9.20 Å². The summed E-state index contributed by atoms with van der Waals surface area (Å²) >= 11 is 0. The van der Waals surface area contributed by atoms with Crippen LogP contribution in [0.2, 0.25) is 0 Å². The molecule has 0 saturated heterocycles. The van der Waals surface area contributed by atoms with Gasteiger partial charge in [0.25, 0.3) is 0 Å². The number of halogens is 3. The van der Waals surface area contributed by atoms with Crippen LogP contribution < -0.4 is 9.47 Å². The number of ether oxygens (including phenoxy) is 2. The van der Waals surface area contributed by atoms with Crippen LogP contribution in [-0.4, -0.2) is 40.5 Å². The fourth-order valence-corrected chi connectivity index (χ4v) is 3.80. The minimum absolute atomic E-state index is 0.0419. The fraction of sp³-hybridized carbons (Fsp3) is 0.200. The molecule has 0 saturated carbocycles. The summed E-state index contributed by atoms with van der Waals surface area (Å²) < 4.78 is 50.4. The first-order valence-electron chi connectivity index (χ1n) is 10.4. The molecule has 0 amide bonds. The molecule has 0 fully saturated rings. The molecule has 0 spiro atoms. The highest BCUT2D eigenvalue weighted by Gasteiger charge is 2.30. The number of hydrogen-bond donors (Lipinski definition) is 0. The van der Waals surface area contributed by atoms with Crippen molar-refractivity contribution in [1.82, 2.24) is 14.4 Å². The van der Waals surface area contributed by atoms with Gasteiger partial charge in [-0.2, -0.15) is 18.4 Å². The maximum absolute atomic E-state index is 12.6. The van der Waals surface area contributed by atoms with Crippen LogP contribution in [0.25, 0.3) is 28.0 Å². The summed E-state index contributed by atoms with van der Waals surface area (Å²) in [5.74, 6) is -0.519. The van der Waals surface area contributed by atoms with Gasteiger partial charge in [-0.15, -0.1) is 0 Å². The number of hydrogen-bond acceptors (Lipinski definition) is 6. The lowest BCUT2D eigenvalue weighted by Gasteiger charge is -2.15. The number of aromatic nitrogens is 3. The van der Waals surface area contributed by atoms with Crippen LogP contribution in [0, 0.1) is 11.3 Å². The number of methoxy groups -OCH3 is 2. The van der Waals surface area contributed by atoms with Crippen molar-refractivity contribution in [2.24, 2.45) is 0 Å². The number of ketones is 1. The van der Waals surface area contributed by atoms with E-state index in [4.69, 9.17) is 9.47 Å². The number of fused-ring (bicyclic) bond motifs is 1. The molecular formula is C25H19F3N4O3. The van der Waals surface area contributed by atoms with E-state index in [2.05, 4.69) is 16.0 Å². The molecule has 0 aliphatic rings. The molecular weight excluding hydrogens is 461 g/mol. The lowest BCUT2D eigenvalue weighted by atomic mass is 10.0. The quantitative estimate of drug-likeness (QED) is 0.326. The van der Waals surface area contributed by atoms with Crippen molar-refractivity contribution in [2.75, 3.05) is 14.2 Å². The summed E-state index contributed by atoms with van der Waals surface area (Å²) in [4.78, 5) is 21.1.